The Morgan fingerprint density at radius 1 is 1.21 bits per heavy atom. The van der Waals surface area contributed by atoms with Crippen LogP contribution in [0.25, 0.3) is 11.4 Å². The third-order valence-electron chi connectivity index (χ3n) is 3.97. The summed E-state index contributed by atoms with van der Waals surface area (Å²) in [6, 6.07) is 3.99. The van der Waals surface area contributed by atoms with Gasteiger partial charge in [-0.3, -0.25) is 9.88 Å². The van der Waals surface area contributed by atoms with Gasteiger partial charge in [0.2, 0.25) is 0 Å². The quantitative estimate of drug-likeness (QED) is 0.835. The fourth-order valence-corrected chi connectivity index (χ4v) is 2.74. The zero-order chi connectivity index (χ0) is 12.7. The Bertz CT molecular complexity index is 573. The summed E-state index contributed by atoms with van der Waals surface area (Å²) in [5.41, 5.74) is 1.05. The monoisotopic (exact) mass is 255 g/mol. The normalized spacial score (nSPS) is 19.4. The standard InChI is InChI=1S/C14H17N5/c1-2-12(8-15-5-1)14-17-16-13-10-18(6-7-19(13)14)9-11-3-4-11/h1-2,5,8,11H,3-4,6-7,9-10H2. The van der Waals surface area contributed by atoms with Crippen LogP contribution in [0.15, 0.2) is 24.5 Å². The molecular weight excluding hydrogens is 238 g/mol. The highest BCUT2D eigenvalue weighted by Gasteiger charge is 2.28. The molecule has 4 rings (SSSR count). The van der Waals surface area contributed by atoms with Crippen LogP contribution in [0, 0.1) is 5.92 Å². The fraction of sp³-hybridized carbons (Fsp3) is 0.500. The van der Waals surface area contributed by atoms with Gasteiger partial charge in [-0.1, -0.05) is 0 Å². The maximum absolute atomic E-state index is 4.35. The van der Waals surface area contributed by atoms with Crippen molar-refractivity contribution in [1.82, 2.24) is 24.6 Å². The second-order valence-corrected chi connectivity index (χ2v) is 5.51. The molecule has 19 heavy (non-hydrogen) atoms. The molecule has 1 saturated carbocycles. The minimum Gasteiger partial charge on any atom is -0.309 e. The first-order chi connectivity index (χ1) is 9.40. The van der Waals surface area contributed by atoms with Crippen LogP contribution in [0.5, 0.6) is 0 Å². The molecule has 0 N–H and O–H groups in total. The Morgan fingerprint density at radius 3 is 2.95 bits per heavy atom. The average Bonchev–Trinajstić information content (AvgIpc) is 3.17. The van der Waals surface area contributed by atoms with Gasteiger partial charge in [-0.05, 0) is 30.9 Å². The molecule has 1 aliphatic heterocycles. The highest BCUT2D eigenvalue weighted by atomic mass is 15.3. The van der Waals surface area contributed by atoms with Gasteiger partial charge in [0.15, 0.2) is 5.82 Å². The van der Waals surface area contributed by atoms with E-state index in [-0.39, 0.29) is 0 Å². The lowest BCUT2D eigenvalue weighted by Crippen LogP contribution is -2.35. The Hall–Kier alpha value is -1.75. The van der Waals surface area contributed by atoms with E-state index < -0.39 is 0 Å². The van der Waals surface area contributed by atoms with Gasteiger partial charge in [-0.25, -0.2) is 0 Å². The van der Waals surface area contributed by atoms with E-state index in [0.717, 1.165) is 42.8 Å². The molecule has 5 nitrogen and oxygen atoms in total. The summed E-state index contributed by atoms with van der Waals surface area (Å²) in [4.78, 5) is 6.67. The largest absolute Gasteiger partial charge is 0.309 e. The van der Waals surface area contributed by atoms with Gasteiger partial charge in [-0.15, -0.1) is 10.2 Å². The summed E-state index contributed by atoms with van der Waals surface area (Å²) in [7, 11) is 0. The zero-order valence-electron chi connectivity index (χ0n) is 10.9. The molecule has 1 fully saturated rings. The van der Waals surface area contributed by atoms with E-state index >= 15 is 0 Å². The van der Waals surface area contributed by atoms with Crippen molar-refractivity contribution in [2.75, 3.05) is 13.1 Å². The van der Waals surface area contributed by atoms with Crippen LogP contribution in [0.1, 0.15) is 18.7 Å². The lowest BCUT2D eigenvalue weighted by Gasteiger charge is -2.27. The highest BCUT2D eigenvalue weighted by molar-refractivity contribution is 5.53. The van der Waals surface area contributed by atoms with Crippen molar-refractivity contribution in [3.8, 4) is 11.4 Å². The van der Waals surface area contributed by atoms with E-state index in [0.29, 0.717) is 0 Å². The van der Waals surface area contributed by atoms with Crippen LogP contribution in [-0.4, -0.2) is 37.7 Å². The van der Waals surface area contributed by atoms with Gasteiger partial charge in [0.1, 0.15) is 5.82 Å². The minimum absolute atomic E-state index is 0.934. The third kappa shape index (κ3) is 2.14. The predicted molar refractivity (Wildman–Crippen MR) is 71.3 cm³/mol. The summed E-state index contributed by atoms with van der Waals surface area (Å²) >= 11 is 0. The van der Waals surface area contributed by atoms with Crippen LogP contribution >= 0.6 is 0 Å². The second-order valence-electron chi connectivity index (χ2n) is 5.51. The first-order valence-corrected chi connectivity index (χ1v) is 6.95. The van der Waals surface area contributed by atoms with Crippen LogP contribution < -0.4 is 0 Å². The molecule has 1 aliphatic carbocycles. The topological polar surface area (TPSA) is 46.8 Å². The Morgan fingerprint density at radius 2 is 2.16 bits per heavy atom. The van der Waals surface area contributed by atoms with Crippen LogP contribution in [0.4, 0.5) is 0 Å². The van der Waals surface area contributed by atoms with Crippen molar-refractivity contribution in [3.05, 3.63) is 30.4 Å². The van der Waals surface area contributed by atoms with Crippen molar-refractivity contribution in [2.45, 2.75) is 25.9 Å². The molecule has 0 atom stereocenters. The van der Waals surface area contributed by atoms with E-state index in [9.17, 15) is 0 Å². The minimum atomic E-state index is 0.934. The fourth-order valence-electron chi connectivity index (χ4n) is 2.74. The van der Waals surface area contributed by atoms with Gasteiger partial charge >= 0.3 is 0 Å². The smallest absolute Gasteiger partial charge is 0.165 e. The summed E-state index contributed by atoms with van der Waals surface area (Å²) in [5.74, 6) is 2.98. The predicted octanol–water partition coefficient (Wildman–Crippen LogP) is 1.57. The van der Waals surface area contributed by atoms with E-state index in [2.05, 4.69) is 24.6 Å². The highest BCUT2D eigenvalue weighted by Crippen LogP contribution is 2.31. The molecule has 0 amide bonds. The van der Waals surface area contributed by atoms with Gasteiger partial charge in [0, 0.05) is 37.6 Å². The zero-order valence-corrected chi connectivity index (χ0v) is 10.9. The van der Waals surface area contributed by atoms with Gasteiger partial charge in [0.25, 0.3) is 0 Å². The summed E-state index contributed by atoms with van der Waals surface area (Å²) in [5, 5.41) is 8.70. The van der Waals surface area contributed by atoms with E-state index in [1.165, 1.54) is 19.4 Å². The first-order valence-electron chi connectivity index (χ1n) is 6.95. The molecular formula is C14H17N5. The van der Waals surface area contributed by atoms with Crippen LogP contribution in [0.3, 0.4) is 0 Å². The molecule has 0 aromatic carbocycles. The van der Waals surface area contributed by atoms with Crippen molar-refractivity contribution in [3.63, 3.8) is 0 Å². The summed E-state index contributed by atoms with van der Waals surface area (Å²) < 4.78 is 2.24. The molecule has 0 radical (unpaired) electrons. The van der Waals surface area contributed by atoms with E-state index in [1.807, 2.05) is 18.3 Å². The molecule has 3 heterocycles. The number of fused-ring (bicyclic) bond motifs is 1. The molecule has 2 aromatic heterocycles. The lowest BCUT2D eigenvalue weighted by atomic mass is 10.2. The number of rotatable bonds is 3. The van der Waals surface area contributed by atoms with Crippen molar-refractivity contribution < 1.29 is 0 Å². The number of hydrogen-bond acceptors (Lipinski definition) is 4. The molecule has 0 spiro atoms. The average molecular weight is 255 g/mol. The van der Waals surface area contributed by atoms with Gasteiger partial charge in [-0.2, -0.15) is 0 Å². The Balaban J connectivity index is 1.59. The van der Waals surface area contributed by atoms with Crippen molar-refractivity contribution >= 4 is 0 Å². The first kappa shape index (κ1) is 11.1. The molecule has 0 saturated heterocycles. The van der Waals surface area contributed by atoms with Crippen molar-refractivity contribution in [1.29, 1.82) is 0 Å². The SMILES string of the molecule is c1cncc(-c2nnc3n2CCN(CC2CC2)C3)c1. The molecule has 0 unspecified atom stereocenters. The second kappa shape index (κ2) is 4.42. The van der Waals surface area contributed by atoms with Crippen molar-refractivity contribution in [2.24, 2.45) is 5.92 Å². The maximum Gasteiger partial charge on any atom is 0.165 e. The number of aromatic nitrogens is 4. The molecule has 5 heteroatoms. The molecule has 98 valence electrons. The van der Waals surface area contributed by atoms with Crippen LogP contribution in [0.2, 0.25) is 0 Å². The number of hydrogen-bond donors (Lipinski definition) is 0. The maximum atomic E-state index is 4.35. The Labute approximate surface area is 112 Å². The molecule has 2 aliphatic rings. The number of pyridine rings is 1. The summed E-state index contributed by atoms with van der Waals surface area (Å²) in [6.45, 7) is 4.26. The Kier molecular flexibility index (Phi) is 2.58. The molecule has 0 bridgehead atoms. The van der Waals surface area contributed by atoms with Gasteiger partial charge in [0.05, 0.1) is 6.54 Å². The molecule has 2 aromatic rings. The van der Waals surface area contributed by atoms with Crippen LogP contribution in [-0.2, 0) is 13.1 Å². The van der Waals surface area contributed by atoms with E-state index in [4.69, 9.17) is 0 Å². The van der Waals surface area contributed by atoms with Gasteiger partial charge < -0.3 is 4.57 Å². The summed E-state index contributed by atoms with van der Waals surface area (Å²) in [6.07, 6.45) is 6.45. The third-order valence-corrected chi connectivity index (χ3v) is 3.97. The van der Waals surface area contributed by atoms with E-state index in [1.54, 1.807) is 6.20 Å². The number of nitrogens with zero attached hydrogens (tertiary/aromatic N) is 5. The lowest BCUT2D eigenvalue weighted by molar-refractivity contribution is 0.209.